The van der Waals surface area contributed by atoms with Crippen LogP contribution in [0, 0.1) is 0 Å². The van der Waals surface area contributed by atoms with Gasteiger partial charge in [0, 0.05) is 6.54 Å². The molecule has 24 heavy (non-hydrogen) atoms. The van der Waals surface area contributed by atoms with Crippen LogP contribution in [0.2, 0.25) is 0 Å². The molecule has 0 unspecified atom stereocenters. The fourth-order valence-electron chi connectivity index (χ4n) is 2.47. The predicted octanol–water partition coefficient (Wildman–Crippen LogP) is 0.728. The van der Waals surface area contributed by atoms with Crippen LogP contribution in [-0.4, -0.2) is 31.2 Å². The quantitative estimate of drug-likeness (QED) is 0.142. The largest absolute Gasteiger partial charge is 1.00 e. The van der Waals surface area contributed by atoms with Crippen LogP contribution in [0.1, 0.15) is 90.4 Å². The van der Waals surface area contributed by atoms with Crippen molar-refractivity contribution in [2.75, 3.05) is 12.3 Å². The molecule has 0 aromatic carbocycles. The Morgan fingerprint density at radius 3 is 1.79 bits per heavy atom. The molecule has 0 aromatic rings. The fourth-order valence-corrected chi connectivity index (χ4v) is 2.96. The molecular formula is C17H34NNaO4S. The van der Waals surface area contributed by atoms with E-state index in [0.717, 1.165) is 12.8 Å². The molecule has 0 bridgehead atoms. The summed E-state index contributed by atoms with van der Waals surface area (Å²) in [5, 5.41) is 11.4. The smallest absolute Gasteiger partial charge is 0.862 e. The molecule has 0 rings (SSSR count). The Kier molecular flexibility index (Phi) is 20.2. The van der Waals surface area contributed by atoms with Gasteiger partial charge in [-0.05, 0) is 25.2 Å². The van der Waals surface area contributed by atoms with E-state index in [-0.39, 0.29) is 54.2 Å². The molecule has 0 fully saturated rings. The Labute approximate surface area is 170 Å². The molecule has 0 amide bonds. The second-order valence-corrected chi connectivity index (χ2v) is 7.77. The van der Waals surface area contributed by atoms with Crippen LogP contribution in [0.4, 0.5) is 0 Å². The van der Waals surface area contributed by atoms with Crippen LogP contribution in [0.25, 0.3) is 0 Å². The summed E-state index contributed by atoms with van der Waals surface area (Å²) >= 11 is 0. The molecule has 0 aliphatic rings. The molecule has 0 saturated heterocycles. The minimum absolute atomic E-state index is 0. The number of hydrogen-bond acceptors (Lipinski definition) is 4. The van der Waals surface area contributed by atoms with Crippen molar-refractivity contribution in [1.29, 1.82) is 0 Å². The van der Waals surface area contributed by atoms with Gasteiger partial charge in [0.1, 0.15) is 0 Å². The van der Waals surface area contributed by atoms with Gasteiger partial charge in [-0.2, -0.15) is 8.42 Å². The second-order valence-electron chi connectivity index (χ2n) is 6.20. The topological polar surface area (TPSA) is 89.8 Å². The zero-order valence-corrected chi connectivity index (χ0v) is 18.5. The number of nitrogens with zero attached hydrogens (tertiary/aromatic N) is 1. The maximum absolute atomic E-state index is 11.4. The van der Waals surface area contributed by atoms with Crippen LogP contribution in [-0.2, 0) is 10.1 Å². The van der Waals surface area contributed by atoms with Gasteiger partial charge in [0.05, 0.1) is 5.75 Å². The maximum Gasteiger partial charge on any atom is 1.00 e. The van der Waals surface area contributed by atoms with E-state index >= 15 is 0 Å². The average Bonchev–Trinajstić information content (AvgIpc) is 2.48. The fraction of sp³-hybridized carbons (Fsp3) is 0.941. The van der Waals surface area contributed by atoms with Gasteiger partial charge < -0.3 is 10.1 Å². The molecule has 0 aromatic heterocycles. The monoisotopic (exact) mass is 371 g/mol. The van der Waals surface area contributed by atoms with E-state index in [0.29, 0.717) is 6.42 Å². The molecular weight excluding hydrogens is 337 g/mol. The van der Waals surface area contributed by atoms with E-state index in [1.54, 1.807) is 0 Å². The first kappa shape index (κ1) is 26.6. The van der Waals surface area contributed by atoms with Crippen LogP contribution in [0.15, 0.2) is 4.99 Å². The van der Waals surface area contributed by atoms with Crippen molar-refractivity contribution in [3.05, 3.63) is 0 Å². The van der Waals surface area contributed by atoms with Crippen LogP contribution in [0.3, 0.4) is 0 Å². The summed E-state index contributed by atoms with van der Waals surface area (Å²) in [6.07, 6.45) is 14.3. The molecule has 0 aliphatic carbocycles. The number of hydrogen-bond donors (Lipinski definition) is 1. The zero-order chi connectivity index (χ0) is 17.4. The van der Waals surface area contributed by atoms with Gasteiger partial charge in [-0.25, -0.2) is 0 Å². The molecule has 0 atom stereocenters. The standard InChI is InChI=1S/C17H35NO4S.Na/c1-2-3-4-5-6-7-8-9-10-11-12-14-17(19)18-15-13-16-23(20,21)22;/h2-16H2,1H3,(H,18,19)(H,20,21,22);/q;+1/p-1. The van der Waals surface area contributed by atoms with Crippen LogP contribution >= 0.6 is 0 Å². The van der Waals surface area contributed by atoms with Crippen molar-refractivity contribution in [2.24, 2.45) is 4.99 Å². The Morgan fingerprint density at radius 1 is 0.875 bits per heavy atom. The molecule has 0 saturated carbocycles. The zero-order valence-electron chi connectivity index (χ0n) is 15.6. The summed E-state index contributed by atoms with van der Waals surface area (Å²) < 4.78 is 29.5. The van der Waals surface area contributed by atoms with E-state index in [9.17, 15) is 13.5 Å². The first-order valence-corrected chi connectivity index (χ1v) is 10.7. The Bertz CT molecular complexity index is 399. The third-order valence-corrected chi connectivity index (χ3v) is 4.65. The van der Waals surface area contributed by atoms with E-state index in [4.69, 9.17) is 4.55 Å². The van der Waals surface area contributed by atoms with E-state index in [2.05, 4.69) is 11.9 Å². The molecule has 7 heteroatoms. The van der Waals surface area contributed by atoms with Crippen molar-refractivity contribution in [3.8, 4) is 0 Å². The van der Waals surface area contributed by atoms with Crippen LogP contribution < -0.4 is 34.7 Å². The van der Waals surface area contributed by atoms with Gasteiger partial charge in [-0.1, -0.05) is 71.1 Å². The van der Waals surface area contributed by atoms with Gasteiger partial charge in [-0.15, -0.1) is 0 Å². The molecule has 5 nitrogen and oxygen atoms in total. The molecule has 138 valence electrons. The summed E-state index contributed by atoms with van der Waals surface area (Å²) in [5.41, 5.74) is 0. The maximum atomic E-state index is 11.4. The van der Waals surface area contributed by atoms with Gasteiger partial charge in [-0.3, -0.25) is 4.55 Å². The van der Waals surface area contributed by atoms with Crippen molar-refractivity contribution in [1.82, 2.24) is 0 Å². The summed E-state index contributed by atoms with van der Waals surface area (Å²) in [6.45, 7) is 2.41. The van der Waals surface area contributed by atoms with Crippen molar-refractivity contribution >= 4 is 16.0 Å². The third kappa shape index (κ3) is 22.4. The second kappa shape index (κ2) is 18.2. The first-order valence-electron chi connectivity index (χ1n) is 9.11. The summed E-state index contributed by atoms with van der Waals surface area (Å²) in [4.78, 5) is 3.80. The summed E-state index contributed by atoms with van der Waals surface area (Å²) in [6, 6.07) is 0. The van der Waals surface area contributed by atoms with E-state index in [1.807, 2.05) is 0 Å². The first-order chi connectivity index (χ1) is 11.0. The van der Waals surface area contributed by atoms with Crippen molar-refractivity contribution < 1.29 is 47.6 Å². The van der Waals surface area contributed by atoms with E-state index in [1.165, 1.54) is 57.8 Å². The van der Waals surface area contributed by atoms with Crippen molar-refractivity contribution in [3.63, 3.8) is 0 Å². The predicted molar refractivity (Wildman–Crippen MR) is 94.4 cm³/mol. The number of unbranched alkanes of at least 4 members (excludes halogenated alkanes) is 10. The van der Waals surface area contributed by atoms with Gasteiger partial charge in [0.25, 0.3) is 10.1 Å². The van der Waals surface area contributed by atoms with Crippen LogP contribution in [0.5, 0.6) is 0 Å². The van der Waals surface area contributed by atoms with Gasteiger partial charge >= 0.3 is 29.6 Å². The molecule has 0 aliphatic heterocycles. The Balaban J connectivity index is 0. The summed E-state index contributed by atoms with van der Waals surface area (Å²) in [7, 11) is -3.93. The van der Waals surface area contributed by atoms with Crippen molar-refractivity contribution in [2.45, 2.75) is 90.4 Å². The summed E-state index contributed by atoms with van der Waals surface area (Å²) in [5.74, 6) is -0.487. The SMILES string of the molecule is CCCCCCCCCCCCCC([O-])=NCCCS(=O)(=O)O.[Na+]. The molecule has 1 N–H and O–H groups in total. The average molecular weight is 372 g/mol. The Hall–Kier alpha value is 0.380. The van der Waals surface area contributed by atoms with Gasteiger partial charge in [0.15, 0.2) is 0 Å². The Morgan fingerprint density at radius 2 is 1.33 bits per heavy atom. The number of rotatable bonds is 16. The molecule has 0 radical (unpaired) electrons. The minimum atomic E-state index is -3.93. The molecule has 0 spiro atoms. The normalized spacial score (nSPS) is 12.2. The minimum Gasteiger partial charge on any atom is -0.862 e. The number of aliphatic imine (C=N–C) groups is 1. The third-order valence-electron chi connectivity index (χ3n) is 3.84. The molecule has 0 heterocycles. The van der Waals surface area contributed by atoms with E-state index < -0.39 is 10.1 Å². The van der Waals surface area contributed by atoms with Gasteiger partial charge in [0.2, 0.25) is 0 Å².